The van der Waals surface area contributed by atoms with E-state index in [0.717, 1.165) is 55.6 Å². The van der Waals surface area contributed by atoms with Crippen molar-refractivity contribution < 1.29 is 30.2 Å². The molecule has 0 bridgehead atoms. The Hall–Kier alpha value is -10.4. The molecule has 4 nitrogen and oxygen atoms in total. The van der Waals surface area contributed by atoms with Crippen LogP contribution in [0.4, 0.5) is 34.1 Å². The van der Waals surface area contributed by atoms with E-state index in [1.807, 2.05) is 9.80 Å². The van der Waals surface area contributed by atoms with Crippen molar-refractivity contribution in [2.24, 2.45) is 0 Å². The number of fused-ring (bicyclic) bond motifs is 14. The summed E-state index contributed by atoms with van der Waals surface area (Å²) in [7, 11) is 0. The van der Waals surface area contributed by atoms with Gasteiger partial charge < -0.3 is 0 Å². The molecule has 0 radical (unpaired) electrons. The molecule has 0 atom stereocenters. The van der Waals surface area contributed by atoms with Gasteiger partial charge in [0.25, 0.3) is 0 Å². The molecular weight excluding hydrogens is 1550 g/mol. The van der Waals surface area contributed by atoms with Crippen molar-refractivity contribution in [3.63, 3.8) is 0 Å². The van der Waals surface area contributed by atoms with Crippen molar-refractivity contribution in [2.45, 2.75) is 183 Å². The van der Waals surface area contributed by atoms with Gasteiger partial charge in [0, 0.05) is 0 Å². The molecule has 0 saturated carbocycles. The van der Waals surface area contributed by atoms with E-state index in [2.05, 4.69) is 279 Å². The van der Waals surface area contributed by atoms with E-state index in [-0.39, 0.29) is 128 Å². The van der Waals surface area contributed by atoms with Gasteiger partial charge in [-0.15, -0.1) is 0 Å². The third kappa shape index (κ3) is 12.8. The first kappa shape index (κ1) is 55.3. The second-order valence-corrected chi connectivity index (χ2v) is 43.2. The molecule has 0 spiro atoms. The van der Waals surface area contributed by atoms with Crippen molar-refractivity contribution in [3.05, 3.63) is 305 Å². The fourth-order valence-electron chi connectivity index (χ4n) is 17.1. The molecule has 19 rings (SSSR count). The Labute approximate surface area is 736 Å². The predicted octanol–water partition coefficient (Wildman–Crippen LogP) is 28.1. The van der Waals surface area contributed by atoms with Crippen LogP contribution in [-0.4, -0.2) is 44.9 Å². The summed E-state index contributed by atoms with van der Waals surface area (Å²) in [6, 6.07) is 34.3. The van der Waals surface area contributed by atoms with Crippen LogP contribution >= 0.6 is 0 Å². The van der Waals surface area contributed by atoms with E-state index >= 15 is 0 Å². The quantitative estimate of drug-likeness (QED) is 0.141. The van der Waals surface area contributed by atoms with Crippen molar-refractivity contribution >= 4 is 147 Å². The molecule has 0 aliphatic carbocycles. The van der Waals surface area contributed by atoms with Gasteiger partial charge in [-0.05, 0) is 21.7 Å². The van der Waals surface area contributed by atoms with Crippen molar-refractivity contribution in [3.8, 4) is 55.9 Å². The van der Waals surface area contributed by atoms with Gasteiger partial charge in [0.15, 0.2) is 0 Å². The van der Waals surface area contributed by atoms with Crippen LogP contribution in [0.15, 0.2) is 266 Å². The molecule has 0 N–H and O–H groups in total. The third-order valence-corrected chi connectivity index (χ3v) is 28.4. The standard InChI is InChI=1S/C110H107BN4Se2/c1-104(2,3)70-46-38-66(39-47-70)83-58-74(108(13,14)15)59-84(67-40-48-71(49-41-67)105(4,5)6)100(83)114-91-64-77(112-89-34-26-22-30-79(89)97-81-32-24-28-36-95(81)116-102(97)112)54-56-87(91)111-88-57-55-78(113-90-35-27-23-31-80(90)98-82-33-25-29-37-96(82)117-103(98)113)65-92(88)115(94-63-76(110(19,20)21)62-93(114)99(94)111)101-85(68-42-50-72(51-43-68)106(7,8)9)60-75(109(16,17)18)61-86(101)69-44-52-73(53-45-69)107(10,11)12/h22-65H,1-21H3/i22D,23D,24D,25D,26D,27D,28D,29D,30D,31D,32D,33D,34D,35D,36D,37D,54D,55D,56D,57D,64D,65D. The molecular formula is C110H107BN4Se2. The Kier molecular flexibility index (Phi) is 12.8. The van der Waals surface area contributed by atoms with Crippen molar-refractivity contribution in [2.75, 3.05) is 9.80 Å². The van der Waals surface area contributed by atoms with E-state index in [1.54, 1.807) is 0 Å². The normalized spacial score (nSPS) is 16.3. The molecule has 0 saturated heterocycles. The summed E-state index contributed by atoms with van der Waals surface area (Å²) in [6.07, 6.45) is 0. The minimum atomic E-state index is -1.60. The molecule has 2 aliphatic rings. The molecule has 13 aromatic carbocycles. The summed E-state index contributed by atoms with van der Waals surface area (Å²) in [4.78, 5) is 4.05. The van der Waals surface area contributed by atoms with E-state index in [9.17, 15) is 27.4 Å². The monoisotopic (exact) mass is 1680 g/mol. The van der Waals surface area contributed by atoms with Crippen LogP contribution in [0.1, 0.15) is 214 Å². The number of hydrogen-bond acceptors (Lipinski definition) is 2. The molecule has 117 heavy (non-hydrogen) atoms. The number of rotatable bonds is 8. The predicted molar refractivity (Wildman–Crippen MR) is 511 cm³/mol. The van der Waals surface area contributed by atoms with Gasteiger partial charge >= 0.3 is 636 Å². The van der Waals surface area contributed by atoms with E-state index < -0.39 is 173 Å². The van der Waals surface area contributed by atoms with Gasteiger partial charge in [-0.3, -0.25) is 0 Å². The van der Waals surface area contributed by atoms with E-state index in [4.69, 9.17) is 2.74 Å². The summed E-state index contributed by atoms with van der Waals surface area (Å²) < 4.78 is 228. The van der Waals surface area contributed by atoms with Crippen LogP contribution in [0.5, 0.6) is 0 Å². The van der Waals surface area contributed by atoms with Crippen LogP contribution < -0.4 is 26.2 Å². The summed E-state index contributed by atoms with van der Waals surface area (Å²) >= 11 is -2.47. The maximum absolute atomic E-state index is 12.2. The molecule has 0 unspecified atom stereocenters. The zero-order valence-corrected chi connectivity index (χ0v) is 73.8. The van der Waals surface area contributed by atoms with Crippen LogP contribution in [0, 0.1) is 0 Å². The molecule has 582 valence electrons. The second-order valence-electron chi connectivity index (χ2n) is 39.0. The average molecular weight is 1680 g/mol. The van der Waals surface area contributed by atoms with E-state index in [1.165, 1.54) is 9.13 Å². The number of aromatic nitrogens is 2. The van der Waals surface area contributed by atoms with Crippen LogP contribution in [0.25, 0.3) is 117 Å². The number of hydrogen-bond donors (Lipinski definition) is 0. The Morgan fingerprint density at radius 3 is 0.855 bits per heavy atom. The fourth-order valence-corrected chi connectivity index (χ4v) is 21.8. The van der Waals surface area contributed by atoms with Gasteiger partial charge in [0.2, 0.25) is 0 Å². The first-order chi connectivity index (χ1) is 64.6. The van der Waals surface area contributed by atoms with Gasteiger partial charge in [-0.2, -0.15) is 0 Å². The topological polar surface area (TPSA) is 16.3 Å². The summed E-state index contributed by atoms with van der Waals surface area (Å²) in [6.45, 7) is 43.4. The summed E-state index contributed by atoms with van der Waals surface area (Å²) in [5, 5.41) is -0.147. The third-order valence-electron chi connectivity index (χ3n) is 23.8. The molecule has 6 heterocycles. The number of benzene rings is 13. The number of anilines is 6. The van der Waals surface area contributed by atoms with Gasteiger partial charge in [0.1, 0.15) is 0 Å². The Morgan fingerprint density at radius 2 is 0.556 bits per heavy atom. The SMILES string of the molecule is [2H]c1c([2H])c(-n2c3[se]c4c([2H])c([2H])c([2H])c([2H])c4c3c3c([2H])c([2H])c([2H])c([2H])c32)c([2H])c2c1B1c3c(cc(C(C)(C)C)cc3N(c3c(-c4ccc(C(C)(C)C)cc4)cc(C(C)(C)C)cc3-c3ccc(C(C)(C)C)cc3)c3c([2H])c(-n4c5[se]c6c([2H])c([2H])c([2H])c([2H])c6c5c5c([2H])c([2H])c([2H])c([2H])c54)c([2H])c([2H])c31)N2c1c(-c2ccc(C(C)(C)C)cc2)cc(C(C)(C)C)cc1-c1ccc(C(C)(C)C)cc1. The van der Waals surface area contributed by atoms with Gasteiger partial charge in [-0.1, -0.05) is 83.1 Å². The minimum absolute atomic E-state index is 0.000676. The van der Waals surface area contributed by atoms with Crippen LogP contribution in [0.3, 0.4) is 0 Å². The zero-order chi connectivity index (χ0) is 101. The number of nitrogens with zero attached hydrogens (tertiary/aromatic N) is 4. The van der Waals surface area contributed by atoms with Crippen molar-refractivity contribution in [1.29, 1.82) is 0 Å². The second kappa shape index (κ2) is 27.1. The average Bonchev–Trinajstić information content (AvgIpc) is 1.67. The Morgan fingerprint density at radius 1 is 0.282 bits per heavy atom. The molecule has 4 aromatic heterocycles. The van der Waals surface area contributed by atoms with Crippen LogP contribution in [-0.2, 0) is 37.9 Å². The molecule has 2 aliphatic heterocycles. The zero-order valence-electron chi connectivity index (χ0n) is 92.4. The first-order valence-corrected chi connectivity index (χ1v) is 43.8. The first-order valence-electron chi connectivity index (χ1n) is 51.4. The van der Waals surface area contributed by atoms with E-state index in [0.29, 0.717) is 56.0 Å². The molecule has 0 amide bonds. The van der Waals surface area contributed by atoms with Gasteiger partial charge in [-0.25, -0.2) is 0 Å². The van der Waals surface area contributed by atoms with Gasteiger partial charge in [0.05, 0.1) is 0 Å². The van der Waals surface area contributed by atoms with Crippen LogP contribution in [0.2, 0.25) is 0 Å². The molecule has 17 aromatic rings. The summed E-state index contributed by atoms with van der Waals surface area (Å²) in [5.74, 6) is 0. The number of para-hydroxylation sites is 2. The Balaban J connectivity index is 1.10. The maximum atomic E-state index is 12.2. The Bertz CT molecular complexity index is 7660. The molecule has 7 heteroatoms. The fraction of sp³-hybridized carbons (Fsp3) is 0.255. The molecule has 0 fully saturated rings. The summed E-state index contributed by atoms with van der Waals surface area (Å²) in [5.41, 5.74) is 9.43. The van der Waals surface area contributed by atoms with Crippen molar-refractivity contribution in [1.82, 2.24) is 9.13 Å².